The average molecular weight is 260 g/mol. The molecule has 2 heterocycles. The number of hydrogen-bond acceptors (Lipinski definition) is 4. The SMILES string of the molecule is Cc1cnc(CNC(=O)c2cc(N)cn2C2CC2)o1. The highest BCUT2D eigenvalue weighted by atomic mass is 16.4. The van der Waals surface area contributed by atoms with Crippen molar-refractivity contribution in [1.82, 2.24) is 14.9 Å². The van der Waals surface area contributed by atoms with E-state index in [0.717, 1.165) is 18.6 Å². The topological polar surface area (TPSA) is 86.1 Å². The van der Waals surface area contributed by atoms with Crippen LogP contribution in [-0.4, -0.2) is 15.5 Å². The predicted octanol–water partition coefficient (Wildman–Crippen LogP) is 1.63. The van der Waals surface area contributed by atoms with Crippen molar-refractivity contribution >= 4 is 11.6 Å². The van der Waals surface area contributed by atoms with Crippen LogP contribution in [0.3, 0.4) is 0 Å². The van der Waals surface area contributed by atoms with Crippen LogP contribution in [0.15, 0.2) is 22.9 Å². The summed E-state index contributed by atoms with van der Waals surface area (Å²) >= 11 is 0. The second-order valence-corrected chi connectivity index (χ2v) is 4.84. The Hall–Kier alpha value is -2.24. The van der Waals surface area contributed by atoms with E-state index in [1.165, 1.54) is 0 Å². The number of nitrogens with zero attached hydrogens (tertiary/aromatic N) is 2. The Labute approximate surface area is 110 Å². The number of aromatic nitrogens is 2. The van der Waals surface area contributed by atoms with E-state index in [1.54, 1.807) is 12.3 Å². The first-order chi connectivity index (χ1) is 9.13. The predicted molar refractivity (Wildman–Crippen MR) is 69.5 cm³/mol. The van der Waals surface area contributed by atoms with E-state index in [1.807, 2.05) is 17.7 Å². The zero-order valence-electron chi connectivity index (χ0n) is 10.7. The molecule has 0 spiro atoms. The molecule has 1 saturated carbocycles. The number of nitrogen functional groups attached to an aromatic ring is 1. The van der Waals surface area contributed by atoms with Crippen LogP contribution in [0.25, 0.3) is 0 Å². The third-order valence-corrected chi connectivity index (χ3v) is 3.11. The Kier molecular flexibility index (Phi) is 2.77. The normalized spacial score (nSPS) is 14.6. The van der Waals surface area contributed by atoms with E-state index in [4.69, 9.17) is 10.2 Å². The van der Waals surface area contributed by atoms with Gasteiger partial charge in [-0.25, -0.2) is 4.98 Å². The van der Waals surface area contributed by atoms with Crippen LogP contribution in [-0.2, 0) is 6.54 Å². The molecule has 19 heavy (non-hydrogen) atoms. The van der Waals surface area contributed by atoms with E-state index >= 15 is 0 Å². The summed E-state index contributed by atoms with van der Waals surface area (Å²) in [6.45, 7) is 2.10. The van der Waals surface area contributed by atoms with Gasteiger partial charge in [-0.15, -0.1) is 0 Å². The molecule has 0 bridgehead atoms. The van der Waals surface area contributed by atoms with Gasteiger partial charge in [0.15, 0.2) is 0 Å². The fourth-order valence-corrected chi connectivity index (χ4v) is 2.07. The highest BCUT2D eigenvalue weighted by Gasteiger charge is 2.27. The van der Waals surface area contributed by atoms with E-state index in [-0.39, 0.29) is 12.5 Å². The van der Waals surface area contributed by atoms with E-state index in [2.05, 4.69) is 10.3 Å². The smallest absolute Gasteiger partial charge is 0.268 e. The number of aryl methyl sites for hydroxylation is 1. The lowest BCUT2D eigenvalue weighted by atomic mass is 10.3. The maximum absolute atomic E-state index is 12.1. The molecule has 6 heteroatoms. The Morgan fingerprint density at radius 1 is 1.63 bits per heavy atom. The maximum Gasteiger partial charge on any atom is 0.268 e. The van der Waals surface area contributed by atoms with Gasteiger partial charge in [0.05, 0.1) is 18.4 Å². The summed E-state index contributed by atoms with van der Waals surface area (Å²) < 4.78 is 7.26. The summed E-state index contributed by atoms with van der Waals surface area (Å²) in [5.74, 6) is 1.08. The second-order valence-electron chi connectivity index (χ2n) is 4.84. The molecule has 3 rings (SSSR count). The van der Waals surface area contributed by atoms with Crippen LogP contribution in [0.2, 0.25) is 0 Å². The molecule has 1 aliphatic carbocycles. The summed E-state index contributed by atoms with van der Waals surface area (Å²) in [7, 11) is 0. The molecule has 1 amide bonds. The Bertz CT molecular complexity index is 610. The lowest BCUT2D eigenvalue weighted by Gasteiger charge is -2.07. The molecule has 0 unspecified atom stereocenters. The van der Waals surface area contributed by atoms with Gasteiger partial charge in [-0.3, -0.25) is 4.79 Å². The summed E-state index contributed by atoms with van der Waals surface area (Å²) in [4.78, 5) is 16.2. The lowest BCUT2D eigenvalue weighted by Crippen LogP contribution is -2.25. The standard InChI is InChI=1S/C13H16N4O2/c1-8-5-15-12(19-8)6-16-13(18)11-4-9(14)7-17(11)10-2-3-10/h4-5,7,10H,2-3,6,14H2,1H3,(H,16,18). The fraction of sp³-hybridized carbons (Fsp3) is 0.385. The van der Waals surface area contributed by atoms with Gasteiger partial charge in [0.1, 0.15) is 11.5 Å². The summed E-state index contributed by atoms with van der Waals surface area (Å²) in [6, 6.07) is 2.12. The van der Waals surface area contributed by atoms with Gasteiger partial charge in [0.2, 0.25) is 5.89 Å². The van der Waals surface area contributed by atoms with Gasteiger partial charge < -0.3 is 20.0 Å². The van der Waals surface area contributed by atoms with Crippen molar-refractivity contribution in [1.29, 1.82) is 0 Å². The molecule has 0 radical (unpaired) electrons. The van der Waals surface area contributed by atoms with Crippen LogP contribution in [0.5, 0.6) is 0 Å². The van der Waals surface area contributed by atoms with Crippen LogP contribution in [0.1, 0.15) is 41.0 Å². The van der Waals surface area contributed by atoms with Crippen LogP contribution < -0.4 is 11.1 Å². The first kappa shape index (κ1) is 11.8. The molecule has 100 valence electrons. The number of anilines is 1. The number of oxazole rings is 1. The van der Waals surface area contributed by atoms with Gasteiger partial charge in [-0.1, -0.05) is 0 Å². The van der Waals surface area contributed by atoms with Gasteiger partial charge in [0, 0.05) is 12.2 Å². The molecular formula is C13H16N4O2. The molecule has 0 aromatic carbocycles. The lowest BCUT2D eigenvalue weighted by molar-refractivity contribution is 0.0937. The van der Waals surface area contributed by atoms with Crippen LogP contribution >= 0.6 is 0 Å². The molecule has 0 atom stereocenters. The van der Waals surface area contributed by atoms with Crippen LogP contribution in [0.4, 0.5) is 5.69 Å². The highest BCUT2D eigenvalue weighted by Crippen LogP contribution is 2.37. The first-order valence-electron chi connectivity index (χ1n) is 6.30. The molecule has 6 nitrogen and oxygen atoms in total. The Morgan fingerprint density at radius 2 is 2.42 bits per heavy atom. The first-order valence-corrected chi connectivity index (χ1v) is 6.30. The average Bonchev–Trinajstić information content (AvgIpc) is 3.03. The molecular weight excluding hydrogens is 244 g/mol. The molecule has 1 fully saturated rings. The third-order valence-electron chi connectivity index (χ3n) is 3.11. The molecule has 0 aliphatic heterocycles. The quantitative estimate of drug-likeness (QED) is 0.874. The maximum atomic E-state index is 12.1. The number of carbonyl (C=O) groups is 1. The molecule has 1 aliphatic rings. The minimum absolute atomic E-state index is 0.153. The van der Waals surface area contributed by atoms with Crippen molar-refractivity contribution in [2.45, 2.75) is 32.4 Å². The van der Waals surface area contributed by atoms with Crippen molar-refractivity contribution < 1.29 is 9.21 Å². The number of nitrogens with one attached hydrogen (secondary N) is 1. The Balaban J connectivity index is 1.70. The highest BCUT2D eigenvalue weighted by molar-refractivity contribution is 5.93. The van der Waals surface area contributed by atoms with Gasteiger partial charge in [0.25, 0.3) is 5.91 Å². The van der Waals surface area contributed by atoms with E-state index in [0.29, 0.717) is 23.3 Å². The fourth-order valence-electron chi connectivity index (χ4n) is 2.07. The van der Waals surface area contributed by atoms with Crippen molar-refractivity contribution in [3.05, 3.63) is 35.8 Å². The number of carbonyl (C=O) groups excluding carboxylic acids is 1. The monoisotopic (exact) mass is 260 g/mol. The Morgan fingerprint density at radius 3 is 3.05 bits per heavy atom. The van der Waals surface area contributed by atoms with Gasteiger partial charge >= 0.3 is 0 Å². The number of nitrogens with two attached hydrogens (primary N) is 1. The van der Waals surface area contributed by atoms with E-state index in [9.17, 15) is 4.79 Å². The van der Waals surface area contributed by atoms with Crippen molar-refractivity contribution in [3.8, 4) is 0 Å². The molecule has 0 saturated heterocycles. The number of amides is 1. The largest absolute Gasteiger partial charge is 0.444 e. The minimum atomic E-state index is -0.153. The zero-order chi connectivity index (χ0) is 13.4. The zero-order valence-corrected chi connectivity index (χ0v) is 10.7. The molecule has 2 aromatic heterocycles. The minimum Gasteiger partial charge on any atom is -0.444 e. The van der Waals surface area contributed by atoms with Crippen molar-refractivity contribution in [2.75, 3.05) is 5.73 Å². The second kappa shape index (κ2) is 4.46. The molecule has 3 N–H and O–H groups in total. The van der Waals surface area contributed by atoms with Crippen LogP contribution in [0, 0.1) is 6.92 Å². The summed E-state index contributed by atoms with van der Waals surface area (Å²) in [5, 5.41) is 2.79. The number of hydrogen-bond donors (Lipinski definition) is 2. The molecule has 2 aromatic rings. The summed E-state index contributed by atoms with van der Waals surface area (Å²) in [5.41, 5.74) is 6.98. The summed E-state index contributed by atoms with van der Waals surface area (Å²) in [6.07, 6.45) is 5.66. The van der Waals surface area contributed by atoms with E-state index < -0.39 is 0 Å². The van der Waals surface area contributed by atoms with Crippen molar-refractivity contribution in [2.24, 2.45) is 0 Å². The number of rotatable bonds is 4. The van der Waals surface area contributed by atoms with Crippen molar-refractivity contribution in [3.63, 3.8) is 0 Å². The van der Waals surface area contributed by atoms with Gasteiger partial charge in [-0.05, 0) is 25.8 Å². The van der Waals surface area contributed by atoms with Gasteiger partial charge in [-0.2, -0.15) is 0 Å². The third kappa shape index (κ3) is 2.47.